The van der Waals surface area contributed by atoms with Crippen molar-refractivity contribution in [1.82, 2.24) is 9.38 Å². The third-order valence-electron chi connectivity index (χ3n) is 2.61. The number of pyridine rings is 1. The Morgan fingerprint density at radius 2 is 2.16 bits per heavy atom. The number of hydrogen-bond acceptors (Lipinski definition) is 4. The van der Waals surface area contributed by atoms with Gasteiger partial charge < -0.3 is 9.73 Å². The molecule has 3 aromatic rings. The average molecular weight is 255 g/mol. The number of aromatic nitrogens is 2. The van der Waals surface area contributed by atoms with Gasteiger partial charge in [-0.25, -0.2) is 4.98 Å². The highest BCUT2D eigenvalue weighted by Crippen LogP contribution is 2.05. The zero-order chi connectivity index (χ0) is 13.2. The standard InChI is InChI=1S/C13H9N3O3/c17-12(10-4-3-7-19-10)15-9-8-14-11-5-1-2-6-16(11)13(9)18/h1-8H,(H,15,17). The van der Waals surface area contributed by atoms with E-state index in [0.29, 0.717) is 5.65 Å². The molecule has 6 heteroatoms. The number of hydrogen-bond donors (Lipinski definition) is 1. The summed E-state index contributed by atoms with van der Waals surface area (Å²) in [6.45, 7) is 0. The fraction of sp³-hybridized carbons (Fsp3) is 0. The number of rotatable bonds is 2. The lowest BCUT2D eigenvalue weighted by atomic mass is 10.4. The lowest BCUT2D eigenvalue weighted by molar-refractivity contribution is 0.0996. The summed E-state index contributed by atoms with van der Waals surface area (Å²) < 4.78 is 6.31. The van der Waals surface area contributed by atoms with Crippen molar-refractivity contribution in [3.05, 3.63) is 65.1 Å². The molecule has 3 aromatic heterocycles. The second-order valence-electron chi connectivity index (χ2n) is 3.84. The number of amides is 1. The van der Waals surface area contributed by atoms with Gasteiger partial charge in [0.25, 0.3) is 11.5 Å². The normalized spacial score (nSPS) is 10.5. The Bertz CT molecular complexity index is 790. The van der Waals surface area contributed by atoms with Crippen LogP contribution in [-0.4, -0.2) is 15.3 Å². The third-order valence-corrected chi connectivity index (χ3v) is 2.61. The molecule has 0 aliphatic carbocycles. The third kappa shape index (κ3) is 1.99. The molecule has 0 bridgehead atoms. The fourth-order valence-electron chi connectivity index (χ4n) is 1.70. The molecular formula is C13H9N3O3. The summed E-state index contributed by atoms with van der Waals surface area (Å²) in [6.07, 6.45) is 4.31. The van der Waals surface area contributed by atoms with Crippen LogP contribution in [0.4, 0.5) is 5.69 Å². The van der Waals surface area contributed by atoms with Crippen LogP contribution in [0.15, 0.2) is 58.2 Å². The van der Waals surface area contributed by atoms with Gasteiger partial charge in [-0.15, -0.1) is 0 Å². The average Bonchev–Trinajstić information content (AvgIpc) is 2.96. The second kappa shape index (κ2) is 4.41. The molecule has 3 heterocycles. The summed E-state index contributed by atoms with van der Waals surface area (Å²) in [5, 5.41) is 2.48. The van der Waals surface area contributed by atoms with Crippen molar-refractivity contribution in [3.63, 3.8) is 0 Å². The van der Waals surface area contributed by atoms with Crippen LogP contribution in [0.5, 0.6) is 0 Å². The van der Waals surface area contributed by atoms with Crippen molar-refractivity contribution in [3.8, 4) is 0 Å². The Kier molecular flexibility index (Phi) is 2.60. The van der Waals surface area contributed by atoms with Crippen LogP contribution < -0.4 is 10.9 Å². The molecule has 1 amide bonds. The van der Waals surface area contributed by atoms with Gasteiger partial charge in [0.1, 0.15) is 11.3 Å². The first-order valence-electron chi connectivity index (χ1n) is 5.57. The van der Waals surface area contributed by atoms with Gasteiger partial charge in [-0.1, -0.05) is 6.07 Å². The highest BCUT2D eigenvalue weighted by molar-refractivity contribution is 6.02. The van der Waals surface area contributed by atoms with E-state index in [4.69, 9.17) is 4.42 Å². The smallest absolute Gasteiger partial charge is 0.291 e. The quantitative estimate of drug-likeness (QED) is 0.753. The summed E-state index contributed by atoms with van der Waals surface area (Å²) in [5.41, 5.74) is 0.277. The number of furan rings is 1. The monoisotopic (exact) mass is 255 g/mol. The zero-order valence-electron chi connectivity index (χ0n) is 9.74. The van der Waals surface area contributed by atoms with Crippen molar-refractivity contribution >= 4 is 17.2 Å². The van der Waals surface area contributed by atoms with E-state index >= 15 is 0 Å². The molecule has 3 rings (SSSR count). The molecule has 0 unspecified atom stereocenters. The molecule has 6 nitrogen and oxygen atoms in total. The van der Waals surface area contributed by atoms with Gasteiger partial charge in [-0.05, 0) is 24.3 Å². The van der Waals surface area contributed by atoms with E-state index in [0.717, 1.165) is 0 Å². The first kappa shape index (κ1) is 11.2. The first-order valence-corrected chi connectivity index (χ1v) is 5.57. The summed E-state index contributed by atoms with van der Waals surface area (Å²) in [7, 11) is 0. The molecule has 0 aromatic carbocycles. The van der Waals surface area contributed by atoms with E-state index in [9.17, 15) is 9.59 Å². The lowest BCUT2D eigenvalue weighted by Crippen LogP contribution is -2.22. The van der Waals surface area contributed by atoms with Crippen molar-refractivity contribution in [2.75, 3.05) is 5.32 Å². The SMILES string of the molecule is O=C(Nc1cnc2ccccn2c1=O)c1ccco1. The minimum atomic E-state index is -0.486. The van der Waals surface area contributed by atoms with Crippen molar-refractivity contribution in [2.24, 2.45) is 0 Å². The van der Waals surface area contributed by atoms with Gasteiger partial charge in [-0.2, -0.15) is 0 Å². The second-order valence-corrected chi connectivity index (χ2v) is 3.84. The summed E-state index contributed by atoms with van der Waals surface area (Å²) >= 11 is 0. The molecule has 0 spiro atoms. The molecule has 0 aliphatic rings. The van der Waals surface area contributed by atoms with Gasteiger partial charge in [-0.3, -0.25) is 14.0 Å². The number of fused-ring (bicyclic) bond motifs is 1. The maximum absolute atomic E-state index is 12.1. The van der Waals surface area contributed by atoms with Crippen molar-refractivity contribution in [1.29, 1.82) is 0 Å². The van der Waals surface area contributed by atoms with E-state index in [1.165, 1.54) is 22.9 Å². The molecule has 0 saturated heterocycles. The van der Waals surface area contributed by atoms with Gasteiger partial charge in [0.05, 0.1) is 12.5 Å². The van der Waals surface area contributed by atoms with Crippen molar-refractivity contribution < 1.29 is 9.21 Å². The Balaban J connectivity index is 2.00. The Labute approximate surface area is 107 Å². The van der Waals surface area contributed by atoms with Crippen LogP contribution in [0.2, 0.25) is 0 Å². The predicted molar refractivity (Wildman–Crippen MR) is 68.1 cm³/mol. The predicted octanol–water partition coefficient (Wildman–Crippen LogP) is 1.54. The lowest BCUT2D eigenvalue weighted by Gasteiger charge is -2.04. The van der Waals surface area contributed by atoms with E-state index in [1.54, 1.807) is 30.5 Å². The molecule has 0 atom stereocenters. The van der Waals surface area contributed by atoms with Crippen LogP contribution >= 0.6 is 0 Å². The molecule has 1 N–H and O–H groups in total. The molecular weight excluding hydrogens is 246 g/mol. The van der Waals surface area contributed by atoms with Gasteiger partial charge in [0, 0.05) is 6.20 Å². The number of carbonyl (C=O) groups excluding carboxylic acids is 1. The van der Waals surface area contributed by atoms with Crippen LogP contribution in [0.25, 0.3) is 5.65 Å². The van der Waals surface area contributed by atoms with Gasteiger partial charge >= 0.3 is 0 Å². The topological polar surface area (TPSA) is 76.6 Å². The van der Waals surface area contributed by atoms with Crippen LogP contribution in [0.3, 0.4) is 0 Å². The van der Waals surface area contributed by atoms with Gasteiger partial charge in [0.2, 0.25) is 0 Å². The molecule has 94 valence electrons. The highest BCUT2D eigenvalue weighted by Gasteiger charge is 2.12. The number of anilines is 1. The van der Waals surface area contributed by atoms with E-state index in [-0.39, 0.29) is 17.0 Å². The number of nitrogens with zero attached hydrogens (tertiary/aromatic N) is 2. The fourth-order valence-corrected chi connectivity index (χ4v) is 1.70. The maximum Gasteiger partial charge on any atom is 0.291 e. The molecule has 0 fully saturated rings. The maximum atomic E-state index is 12.1. The Morgan fingerprint density at radius 3 is 2.95 bits per heavy atom. The van der Waals surface area contributed by atoms with E-state index in [1.807, 2.05) is 0 Å². The molecule has 0 aliphatic heterocycles. The molecule has 19 heavy (non-hydrogen) atoms. The van der Waals surface area contributed by atoms with Gasteiger partial charge in [0.15, 0.2) is 5.76 Å². The van der Waals surface area contributed by atoms with Crippen LogP contribution in [0, 0.1) is 0 Å². The number of carbonyl (C=O) groups is 1. The minimum Gasteiger partial charge on any atom is -0.459 e. The minimum absolute atomic E-state index is 0.102. The van der Waals surface area contributed by atoms with Crippen molar-refractivity contribution in [2.45, 2.75) is 0 Å². The van der Waals surface area contributed by atoms with E-state index < -0.39 is 5.91 Å². The summed E-state index contributed by atoms with van der Waals surface area (Å²) in [5.74, 6) is -0.350. The largest absolute Gasteiger partial charge is 0.459 e. The molecule has 0 saturated carbocycles. The van der Waals surface area contributed by atoms with Crippen LogP contribution in [0.1, 0.15) is 10.6 Å². The Hall–Kier alpha value is -2.89. The Morgan fingerprint density at radius 1 is 1.26 bits per heavy atom. The summed E-state index contributed by atoms with van der Waals surface area (Å²) in [6, 6.07) is 8.32. The highest BCUT2D eigenvalue weighted by atomic mass is 16.3. The van der Waals surface area contributed by atoms with Crippen LogP contribution in [-0.2, 0) is 0 Å². The summed E-state index contributed by atoms with van der Waals surface area (Å²) in [4.78, 5) is 28.0. The number of nitrogens with one attached hydrogen (secondary N) is 1. The molecule has 0 radical (unpaired) electrons. The zero-order valence-corrected chi connectivity index (χ0v) is 9.74. The van der Waals surface area contributed by atoms with E-state index in [2.05, 4.69) is 10.3 Å². The first-order chi connectivity index (χ1) is 9.25.